The van der Waals surface area contributed by atoms with E-state index in [2.05, 4.69) is 21.4 Å². The van der Waals surface area contributed by atoms with E-state index in [1.165, 1.54) is 0 Å². The van der Waals surface area contributed by atoms with Crippen molar-refractivity contribution in [2.45, 2.75) is 31.3 Å². The molecule has 1 aromatic heterocycles. The number of carbonyl (C=O) groups excluding carboxylic acids is 1. The third-order valence-corrected chi connectivity index (χ3v) is 5.91. The van der Waals surface area contributed by atoms with E-state index in [0.717, 1.165) is 29.7 Å². The largest absolute Gasteiger partial charge is 0.377 e. The summed E-state index contributed by atoms with van der Waals surface area (Å²) in [7, 11) is 0. The van der Waals surface area contributed by atoms with Gasteiger partial charge in [0.15, 0.2) is 0 Å². The van der Waals surface area contributed by atoms with Gasteiger partial charge in [0.1, 0.15) is 0 Å². The van der Waals surface area contributed by atoms with Crippen LogP contribution in [0, 0.1) is 11.3 Å². The molecule has 2 aliphatic heterocycles. The van der Waals surface area contributed by atoms with Gasteiger partial charge in [-0.15, -0.1) is 0 Å². The van der Waals surface area contributed by atoms with E-state index in [-0.39, 0.29) is 18.0 Å². The van der Waals surface area contributed by atoms with Crippen molar-refractivity contribution in [2.75, 3.05) is 25.1 Å². The van der Waals surface area contributed by atoms with E-state index in [0.29, 0.717) is 48.3 Å². The topological polar surface area (TPSA) is 91.1 Å². The second-order valence-corrected chi connectivity index (χ2v) is 7.88. The standard InChI is InChI=1S/C20H18ClN5O2/c21-13-3-11-5-14(6-16(11)12(4-13)7-22)24-20-23-8-17-18(25-20)1-2-26(19(17)27)15-9-28-10-15/h3-4,8,14-15H,1-2,5-6,9-10H2,(H,23,24,25). The van der Waals surface area contributed by atoms with E-state index in [9.17, 15) is 10.1 Å². The Morgan fingerprint density at radius 2 is 2.18 bits per heavy atom. The molecule has 142 valence electrons. The summed E-state index contributed by atoms with van der Waals surface area (Å²) in [5.41, 5.74) is 4.12. The molecule has 1 aromatic carbocycles. The molecule has 1 atom stereocenters. The lowest BCUT2D eigenvalue weighted by molar-refractivity contribution is -0.0550. The molecule has 8 heteroatoms. The molecule has 1 amide bonds. The van der Waals surface area contributed by atoms with Crippen LogP contribution in [0.25, 0.3) is 0 Å². The number of amides is 1. The van der Waals surface area contributed by atoms with Crippen LogP contribution in [-0.4, -0.2) is 52.6 Å². The minimum absolute atomic E-state index is 0.0114. The third-order valence-electron chi connectivity index (χ3n) is 5.69. The Balaban J connectivity index is 1.33. The van der Waals surface area contributed by atoms with Crippen LogP contribution in [-0.2, 0) is 24.0 Å². The number of fused-ring (bicyclic) bond motifs is 2. The van der Waals surface area contributed by atoms with Crippen LogP contribution in [0.15, 0.2) is 18.3 Å². The Kier molecular flexibility index (Phi) is 4.18. The van der Waals surface area contributed by atoms with Crippen LogP contribution >= 0.6 is 11.6 Å². The first kappa shape index (κ1) is 17.4. The summed E-state index contributed by atoms with van der Waals surface area (Å²) in [6.07, 6.45) is 3.83. The van der Waals surface area contributed by atoms with Crippen molar-refractivity contribution in [1.82, 2.24) is 14.9 Å². The molecule has 0 saturated carbocycles. The molecule has 1 N–H and O–H groups in total. The van der Waals surface area contributed by atoms with Crippen molar-refractivity contribution in [3.05, 3.63) is 51.3 Å². The fourth-order valence-electron chi connectivity index (χ4n) is 4.17. The average Bonchev–Trinajstić information content (AvgIpc) is 3.03. The molecular formula is C20H18ClN5O2. The summed E-state index contributed by atoms with van der Waals surface area (Å²) < 4.78 is 5.20. The van der Waals surface area contributed by atoms with Gasteiger partial charge in [0, 0.05) is 30.2 Å². The molecule has 1 unspecified atom stereocenters. The van der Waals surface area contributed by atoms with Gasteiger partial charge in [-0.1, -0.05) is 11.6 Å². The van der Waals surface area contributed by atoms with E-state index in [1.54, 1.807) is 12.3 Å². The molecule has 2 aromatic rings. The normalized spacial score (nSPS) is 20.9. The Hall–Kier alpha value is -2.69. The lowest BCUT2D eigenvalue weighted by atomic mass is 10.0. The van der Waals surface area contributed by atoms with Crippen molar-refractivity contribution in [3.63, 3.8) is 0 Å². The summed E-state index contributed by atoms with van der Waals surface area (Å²) in [5, 5.41) is 13.3. The zero-order valence-corrected chi connectivity index (χ0v) is 15.9. The smallest absolute Gasteiger partial charge is 0.257 e. The molecule has 28 heavy (non-hydrogen) atoms. The first-order chi connectivity index (χ1) is 13.6. The van der Waals surface area contributed by atoms with Crippen LogP contribution in [0.3, 0.4) is 0 Å². The summed E-state index contributed by atoms with van der Waals surface area (Å²) in [6.45, 7) is 1.88. The van der Waals surface area contributed by atoms with Gasteiger partial charge in [-0.25, -0.2) is 9.97 Å². The SMILES string of the molecule is N#Cc1cc(Cl)cc2c1CC(Nc1ncc3c(n1)CCN(C1COC1)C3=O)C2. The molecule has 1 aliphatic carbocycles. The summed E-state index contributed by atoms with van der Waals surface area (Å²) in [5.74, 6) is 0.511. The molecule has 3 aliphatic rings. The van der Waals surface area contributed by atoms with Gasteiger partial charge >= 0.3 is 0 Å². The average molecular weight is 396 g/mol. The molecule has 1 saturated heterocycles. The number of hydrogen-bond donors (Lipinski definition) is 1. The quantitative estimate of drug-likeness (QED) is 0.854. The predicted octanol–water partition coefficient (Wildman–Crippen LogP) is 1.98. The minimum atomic E-state index is -0.0114. The summed E-state index contributed by atoms with van der Waals surface area (Å²) in [6, 6.07) is 6.13. The maximum absolute atomic E-state index is 12.7. The van der Waals surface area contributed by atoms with Gasteiger partial charge in [0.2, 0.25) is 5.95 Å². The fraction of sp³-hybridized carbons (Fsp3) is 0.400. The second-order valence-electron chi connectivity index (χ2n) is 7.45. The maximum Gasteiger partial charge on any atom is 0.257 e. The number of nitriles is 1. The maximum atomic E-state index is 12.7. The summed E-state index contributed by atoms with van der Waals surface area (Å²) in [4.78, 5) is 23.5. The number of halogens is 1. The fourth-order valence-corrected chi connectivity index (χ4v) is 4.42. The lowest BCUT2D eigenvalue weighted by Crippen LogP contribution is -2.54. The number of aromatic nitrogens is 2. The number of benzene rings is 1. The lowest BCUT2D eigenvalue weighted by Gasteiger charge is -2.39. The van der Waals surface area contributed by atoms with Gasteiger partial charge < -0.3 is 15.0 Å². The highest BCUT2D eigenvalue weighted by Crippen LogP contribution is 2.30. The minimum Gasteiger partial charge on any atom is -0.377 e. The molecule has 3 heterocycles. The van der Waals surface area contributed by atoms with Crippen molar-refractivity contribution in [1.29, 1.82) is 5.26 Å². The van der Waals surface area contributed by atoms with Crippen molar-refractivity contribution in [3.8, 4) is 6.07 Å². The highest BCUT2D eigenvalue weighted by atomic mass is 35.5. The summed E-state index contributed by atoms with van der Waals surface area (Å²) >= 11 is 6.12. The monoisotopic (exact) mass is 395 g/mol. The van der Waals surface area contributed by atoms with E-state index >= 15 is 0 Å². The second kappa shape index (κ2) is 6.73. The van der Waals surface area contributed by atoms with Gasteiger partial charge in [0.25, 0.3) is 5.91 Å². The molecule has 0 spiro atoms. The highest BCUT2D eigenvalue weighted by molar-refractivity contribution is 6.30. The Morgan fingerprint density at radius 1 is 1.32 bits per heavy atom. The molecule has 0 bridgehead atoms. The zero-order chi connectivity index (χ0) is 19.3. The highest BCUT2D eigenvalue weighted by Gasteiger charge is 2.35. The first-order valence-corrected chi connectivity index (χ1v) is 9.72. The molecule has 5 rings (SSSR count). The molecule has 0 radical (unpaired) electrons. The van der Waals surface area contributed by atoms with Gasteiger partial charge in [-0.3, -0.25) is 4.79 Å². The van der Waals surface area contributed by atoms with Crippen LogP contribution in [0.1, 0.15) is 32.7 Å². The van der Waals surface area contributed by atoms with E-state index < -0.39 is 0 Å². The number of nitrogens with one attached hydrogen (secondary N) is 1. The number of carbonyl (C=O) groups is 1. The first-order valence-electron chi connectivity index (χ1n) is 9.35. The van der Waals surface area contributed by atoms with Gasteiger partial charge in [-0.2, -0.15) is 5.26 Å². The molecule has 7 nitrogen and oxygen atoms in total. The number of rotatable bonds is 3. The Morgan fingerprint density at radius 3 is 2.93 bits per heavy atom. The molecular weight excluding hydrogens is 378 g/mol. The van der Waals surface area contributed by atoms with Crippen LogP contribution in [0.2, 0.25) is 5.02 Å². The number of anilines is 1. The van der Waals surface area contributed by atoms with E-state index in [4.69, 9.17) is 16.3 Å². The predicted molar refractivity (Wildman–Crippen MR) is 102 cm³/mol. The third kappa shape index (κ3) is 2.89. The Bertz CT molecular complexity index is 1010. The molecule has 1 fully saturated rings. The van der Waals surface area contributed by atoms with Gasteiger partial charge in [0.05, 0.1) is 42.1 Å². The van der Waals surface area contributed by atoms with E-state index in [1.807, 2.05) is 11.0 Å². The van der Waals surface area contributed by atoms with Crippen molar-refractivity contribution >= 4 is 23.5 Å². The van der Waals surface area contributed by atoms with Crippen LogP contribution < -0.4 is 5.32 Å². The van der Waals surface area contributed by atoms with Gasteiger partial charge in [-0.05, 0) is 36.1 Å². The number of nitrogens with zero attached hydrogens (tertiary/aromatic N) is 4. The Labute approximate surface area is 167 Å². The number of hydrogen-bond acceptors (Lipinski definition) is 6. The number of ether oxygens (including phenoxy) is 1. The zero-order valence-electron chi connectivity index (χ0n) is 15.1. The van der Waals surface area contributed by atoms with Crippen molar-refractivity contribution in [2.24, 2.45) is 0 Å². The van der Waals surface area contributed by atoms with Crippen molar-refractivity contribution < 1.29 is 9.53 Å². The van der Waals surface area contributed by atoms with Crippen LogP contribution in [0.4, 0.5) is 5.95 Å². The van der Waals surface area contributed by atoms with Crippen LogP contribution in [0.5, 0.6) is 0 Å².